The van der Waals surface area contributed by atoms with Gasteiger partial charge in [-0.3, -0.25) is 9.59 Å². The van der Waals surface area contributed by atoms with Gasteiger partial charge in [-0.05, 0) is 18.3 Å². The highest BCUT2D eigenvalue weighted by molar-refractivity contribution is 5.78. The van der Waals surface area contributed by atoms with Crippen LogP contribution >= 0.6 is 0 Å². The Hall–Kier alpha value is -1.31. The van der Waals surface area contributed by atoms with Gasteiger partial charge in [0.15, 0.2) is 0 Å². The van der Waals surface area contributed by atoms with Gasteiger partial charge in [0.2, 0.25) is 5.91 Å². The molecule has 1 saturated carbocycles. The third kappa shape index (κ3) is 5.91. The topological polar surface area (TPSA) is 78.4 Å². The average Bonchev–Trinajstić information content (AvgIpc) is 2.19. The van der Waals surface area contributed by atoms with Crippen LogP contribution in [-0.2, 0) is 9.59 Å². The Morgan fingerprint density at radius 1 is 1.26 bits per heavy atom. The van der Waals surface area contributed by atoms with Crippen LogP contribution in [0.4, 0.5) is 13.2 Å². The summed E-state index contributed by atoms with van der Waals surface area (Å²) in [6.45, 7) is -1.45. The molecule has 0 heterocycles. The molecule has 0 aromatic rings. The summed E-state index contributed by atoms with van der Waals surface area (Å²) in [6.07, 6.45) is -2.03. The smallest absolute Gasteiger partial charge is 0.401 e. The zero-order chi connectivity index (χ0) is 14.5. The van der Waals surface area contributed by atoms with Gasteiger partial charge in [-0.15, -0.1) is 0 Å². The molecule has 0 aromatic heterocycles. The maximum atomic E-state index is 11.8. The molecule has 19 heavy (non-hydrogen) atoms. The summed E-state index contributed by atoms with van der Waals surface area (Å²) in [7, 11) is 0. The highest BCUT2D eigenvalue weighted by atomic mass is 19.4. The Morgan fingerprint density at radius 3 is 2.32 bits per heavy atom. The fourth-order valence-corrected chi connectivity index (χ4v) is 2.08. The quantitative estimate of drug-likeness (QED) is 0.648. The Morgan fingerprint density at radius 2 is 1.89 bits per heavy atom. The lowest BCUT2D eigenvalue weighted by atomic mass is 9.66. The van der Waals surface area contributed by atoms with E-state index in [2.05, 4.69) is 5.32 Å². The van der Waals surface area contributed by atoms with Gasteiger partial charge in [0.25, 0.3) is 0 Å². The molecule has 0 radical (unpaired) electrons. The van der Waals surface area contributed by atoms with Gasteiger partial charge in [-0.2, -0.15) is 13.2 Å². The molecule has 3 N–H and O–H groups in total. The molecule has 0 spiro atoms. The van der Waals surface area contributed by atoms with E-state index in [1.54, 1.807) is 0 Å². The first-order chi connectivity index (χ1) is 8.72. The van der Waals surface area contributed by atoms with E-state index in [0.29, 0.717) is 0 Å². The molecule has 1 amide bonds. The van der Waals surface area contributed by atoms with Crippen LogP contribution in [0, 0.1) is 5.41 Å². The molecule has 1 aliphatic carbocycles. The molecular weight excluding hydrogens is 265 g/mol. The van der Waals surface area contributed by atoms with Gasteiger partial charge >= 0.3 is 12.1 Å². The van der Waals surface area contributed by atoms with Crippen molar-refractivity contribution in [2.75, 3.05) is 19.6 Å². The number of carbonyl (C=O) groups is 2. The van der Waals surface area contributed by atoms with E-state index < -0.39 is 36.6 Å². The van der Waals surface area contributed by atoms with Crippen molar-refractivity contribution in [2.45, 2.75) is 31.9 Å². The molecule has 0 unspecified atom stereocenters. The predicted molar refractivity (Wildman–Crippen MR) is 60.5 cm³/mol. The lowest BCUT2D eigenvalue weighted by Gasteiger charge is -2.40. The average molecular weight is 282 g/mol. The van der Waals surface area contributed by atoms with Crippen molar-refractivity contribution in [3.63, 3.8) is 0 Å². The monoisotopic (exact) mass is 282 g/mol. The van der Waals surface area contributed by atoms with Crippen LogP contribution < -0.4 is 10.6 Å². The van der Waals surface area contributed by atoms with Crippen molar-refractivity contribution >= 4 is 11.9 Å². The van der Waals surface area contributed by atoms with E-state index in [-0.39, 0.29) is 13.0 Å². The minimum atomic E-state index is -4.35. The molecule has 1 fully saturated rings. The van der Waals surface area contributed by atoms with Gasteiger partial charge in [0, 0.05) is 6.54 Å². The van der Waals surface area contributed by atoms with Crippen LogP contribution in [0.25, 0.3) is 0 Å². The molecule has 5 nitrogen and oxygen atoms in total. The molecule has 1 aliphatic rings. The third-order valence-corrected chi connectivity index (χ3v) is 3.21. The summed E-state index contributed by atoms with van der Waals surface area (Å²) in [4.78, 5) is 22.0. The van der Waals surface area contributed by atoms with E-state index in [9.17, 15) is 22.8 Å². The number of rotatable bonds is 7. The standard InChI is InChI=1S/C11H17F3N2O3/c12-11(13,14)7-15-5-8(17)16-6-10(2-1-3-10)4-9(18)19/h15H,1-7H2,(H,16,17)(H,18,19). The Labute approximate surface area is 108 Å². The van der Waals surface area contributed by atoms with Gasteiger partial charge in [-0.1, -0.05) is 6.42 Å². The Kier molecular flexibility index (Phi) is 5.16. The maximum absolute atomic E-state index is 11.8. The second-order valence-electron chi connectivity index (χ2n) is 4.92. The van der Waals surface area contributed by atoms with E-state index in [4.69, 9.17) is 5.11 Å². The van der Waals surface area contributed by atoms with Crippen molar-refractivity contribution in [1.82, 2.24) is 10.6 Å². The first-order valence-electron chi connectivity index (χ1n) is 5.98. The fraction of sp³-hybridized carbons (Fsp3) is 0.818. The highest BCUT2D eigenvalue weighted by Gasteiger charge is 2.39. The zero-order valence-electron chi connectivity index (χ0n) is 10.3. The molecule has 0 aliphatic heterocycles. The number of halogens is 3. The van der Waals surface area contributed by atoms with Crippen molar-refractivity contribution in [3.05, 3.63) is 0 Å². The van der Waals surface area contributed by atoms with E-state index in [0.717, 1.165) is 19.3 Å². The molecule has 0 bridgehead atoms. The molecular formula is C11H17F3N2O3. The minimum absolute atomic E-state index is 0.0245. The van der Waals surface area contributed by atoms with Crippen LogP contribution in [0.3, 0.4) is 0 Å². The zero-order valence-corrected chi connectivity index (χ0v) is 10.3. The molecule has 0 atom stereocenters. The molecule has 0 saturated heterocycles. The summed E-state index contributed by atoms with van der Waals surface area (Å²) in [5, 5.41) is 13.2. The fourth-order valence-electron chi connectivity index (χ4n) is 2.08. The predicted octanol–water partition coefficient (Wildman–Crippen LogP) is 0.899. The number of carboxylic acid groups (broad SMARTS) is 1. The summed E-state index contributed by atoms with van der Waals surface area (Å²) in [5.41, 5.74) is -0.425. The molecule has 0 aromatic carbocycles. The number of carbonyl (C=O) groups excluding carboxylic acids is 1. The largest absolute Gasteiger partial charge is 0.481 e. The number of alkyl halides is 3. The maximum Gasteiger partial charge on any atom is 0.401 e. The lowest BCUT2D eigenvalue weighted by molar-refractivity contribution is -0.142. The summed E-state index contributed by atoms with van der Waals surface area (Å²) < 4.78 is 35.5. The van der Waals surface area contributed by atoms with E-state index in [1.807, 2.05) is 5.32 Å². The van der Waals surface area contributed by atoms with Crippen LogP contribution in [0.2, 0.25) is 0 Å². The van der Waals surface area contributed by atoms with Gasteiger partial charge in [-0.25, -0.2) is 0 Å². The third-order valence-electron chi connectivity index (χ3n) is 3.21. The molecule has 8 heteroatoms. The first kappa shape index (κ1) is 15.7. The number of aliphatic carboxylic acids is 1. The summed E-state index contributed by atoms with van der Waals surface area (Å²) in [5.74, 6) is -1.48. The number of hydrogen-bond acceptors (Lipinski definition) is 3. The number of amides is 1. The molecule has 1 rings (SSSR count). The van der Waals surface area contributed by atoms with Crippen molar-refractivity contribution in [3.8, 4) is 0 Å². The second kappa shape index (κ2) is 6.23. The number of carboxylic acids is 1. The second-order valence-corrected chi connectivity index (χ2v) is 4.92. The summed E-state index contributed by atoms with van der Waals surface area (Å²) >= 11 is 0. The van der Waals surface area contributed by atoms with Crippen LogP contribution in [0.15, 0.2) is 0 Å². The van der Waals surface area contributed by atoms with Gasteiger partial charge in [0.1, 0.15) is 0 Å². The number of hydrogen-bond donors (Lipinski definition) is 3. The van der Waals surface area contributed by atoms with Crippen LogP contribution in [0.5, 0.6) is 0 Å². The minimum Gasteiger partial charge on any atom is -0.481 e. The number of nitrogens with one attached hydrogen (secondary N) is 2. The van der Waals surface area contributed by atoms with Gasteiger partial charge < -0.3 is 15.7 Å². The SMILES string of the molecule is O=C(O)CC1(CNC(=O)CNCC(F)(F)F)CCC1. The normalized spacial score (nSPS) is 17.6. The summed E-state index contributed by atoms with van der Waals surface area (Å²) in [6, 6.07) is 0. The Bertz CT molecular complexity index is 341. The van der Waals surface area contributed by atoms with E-state index in [1.165, 1.54) is 0 Å². The van der Waals surface area contributed by atoms with E-state index >= 15 is 0 Å². The first-order valence-corrected chi connectivity index (χ1v) is 5.98. The van der Waals surface area contributed by atoms with Gasteiger partial charge in [0.05, 0.1) is 19.5 Å². The van der Waals surface area contributed by atoms with Crippen LogP contribution in [0.1, 0.15) is 25.7 Å². The van der Waals surface area contributed by atoms with Crippen molar-refractivity contribution in [1.29, 1.82) is 0 Å². The lowest BCUT2D eigenvalue weighted by Crippen LogP contribution is -2.46. The van der Waals surface area contributed by atoms with Crippen LogP contribution in [-0.4, -0.2) is 42.8 Å². The molecule has 110 valence electrons. The highest BCUT2D eigenvalue weighted by Crippen LogP contribution is 2.43. The van der Waals surface area contributed by atoms with Crippen molar-refractivity contribution in [2.24, 2.45) is 5.41 Å². The Balaban J connectivity index is 2.24. The van der Waals surface area contributed by atoms with Crippen molar-refractivity contribution < 1.29 is 27.9 Å².